The van der Waals surface area contributed by atoms with E-state index in [-0.39, 0.29) is 26.8 Å². The minimum absolute atomic E-state index is 0. The monoisotopic (exact) mass is 654 g/mol. The smallest absolute Gasteiger partial charge is 0.124 e. The molecule has 0 saturated carbocycles. The van der Waals surface area contributed by atoms with Crippen molar-refractivity contribution in [2.75, 3.05) is 0 Å². The van der Waals surface area contributed by atoms with Crippen LogP contribution >= 0.6 is 11.8 Å². The van der Waals surface area contributed by atoms with Crippen molar-refractivity contribution in [3.05, 3.63) is 114 Å². The molecule has 0 saturated heterocycles. The predicted octanol–water partition coefficient (Wildman–Crippen LogP) is 7.75. The molecule has 5 heteroatoms. The molecule has 3 aromatic carbocycles. The molecule has 0 fully saturated rings. The van der Waals surface area contributed by atoms with Crippen molar-refractivity contribution in [2.24, 2.45) is 0 Å². The molecule has 176 valence electrons. The number of pyridine rings is 2. The van der Waals surface area contributed by atoms with Crippen LogP contribution in [-0.4, -0.2) is 15.1 Å². The third kappa shape index (κ3) is 5.56. The molecule has 0 unspecified atom stereocenters. The first-order valence-electron chi connectivity index (χ1n) is 11.1. The van der Waals surface area contributed by atoms with E-state index in [1.165, 1.54) is 16.7 Å². The molecule has 0 spiro atoms. The fourth-order valence-corrected chi connectivity index (χ4v) is 4.88. The maximum atomic E-state index is 10.5. The van der Waals surface area contributed by atoms with Gasteiger partial charge in [-0.3, -0.25) is 4.98 Å². The number of hydrogen-bond donors (Lipinski definition) is 1. The average molecular weight is 655 g/mol. The van der Waals surface area contributed by atoms with Crippen LogP contribution in [0.3, 0.4) is 0 Å². The normalized spacial score (nSPS) is 10.6. The summed E-state index contributed by atoms with van der Waals surface area (Å²) in [6.45, 7) is 4.25. The number of phenols is 1. The summed E-state index contributed by atoms with van der Waals surface area (Å²) in [6.07, 6.45) is 1.79. The molecule has 1 N–H and O–H groups in total. The van der Waals surface area contributed by atoms with Crippen LogP contribution in [0.5, 0.6) is 5.75 Å². The van der Waals surface area contributed by atoms with Crippen molar-refractivity contribution >= 4 is 11.8 Å². The second-order valence-corrected chi connectivity index (χ2v) is 9.17. The molecule has 0 radical (unpaired) electrons. The summed E-state index contributed by atoms with van der Waals surface area (Å²) in [5.74, 6) is 0.211. The molecule has 5 aromatic rings. The van der Waals surface area contributed by atoms with Crippen LogP contribution < -0.4 is 0 Å². The van der Waals surface area contributed by atoms with E-state index in [1.807, 2.05) is 54.6 Å². The van der Waals surface area contributed by atoms with E-state index in [2.05, 4.69) is 55.2 Å². The van der Waals surface area contributed by atoms with E-state index in [4.69, 9.17) is 4.98 Å². The quantitative estimate of drug-likeness (QED) is 0.197. The fraction of sp³-hybridized carbons (Fsp3) is 0.0667. The van der Waals surface area contributed by atoms with Crippen LogP contribution in [0, 0.1) is 19.9 Å². The van der Waals surface area contributed by atoms with Gasteiger partial charge >= 0.3 is 0 Å². The molecule has 0 atom stereocenters. The Bertz CT molecular complexity index is 1450. The molecule has 0 bridgehead atoms. The summed E-state index contributed by atoms with van der Waals surface area (Å²) >= 11 is 1.57. The average Bonchev–Trinajstić information content (AvgIpc) is 2.85. The number of nitrogens with zero attached hydrogens (tertiary/aromatic N) is 2. The zero-order valence-electron chi connectivity index (χ0n) is 19.3. The molecule has 2 aromatic heterocycles. The molecular formula is C30H23N2OPtS-. The Balaban J connectivity index is 0.00000289. The number of benzene rings is 3. The topological polar surface area (TPSA) is 46.0 Å². The van der Waals surface area contributed by atoms with Gasteiger partial charge in [-0.05, 0) is 72.1 Å². The van der Waals surface area contributed by atoms with Crippen LogP contribution in [0.1, 0.15) is 11.1 Å². The van der Waals surface area contributed by atoms with E-state index in [0.717, 1.165) is 32.4 Å². The van der Waals surface area contributed by atoms with E-state index in [0.29, 0.717) is 5.56 Å². The van der Waals surface area contributed by atoms with Crippen molar-refractivity contribution in [1.29, 1.82) is 0 Å². The molecule has 2 heterocycles. The zero-order chi connectivity index (χ0) is 23.5. The number of hydrogen-bond acceptors (Lipinski definition) is 4. The van der Waals surface area contributed by atoms with E-state index < -0.39 is 0 Å². The van der Waals surface area contributed by atoms with Gasteiger partial charge in [-0.1, -0.05) is 59.1 Å². The minimum atomic E-state index is 0. The van der Waals surface area contributed by atoms with Crippen LogP contribution in [0.15, 0.2) is 107 Å². The summed E-state index contributed by atoms with van der Waals surface area (Å²) < 4.78 is 0. The Hall–Kier alpha value is -3.20. The van der Waals surface area contributed by atoms with Gasteiger partial charge in [0, 0.05) is 32.8 Å². The second kappa shape index (κ2) is 11.0. The SMILES string of the molecule is Cc1cccc(C)c1-c1cc(-c2[c-]c(Sc3ccccn3)ccc2)nc(-c2ccccc2O)c1.[Pt]. The minimum Gasteiger partial charge on any atom is -0.507 e. The van der Waals surface area contributed by atoms with E-state index >= 15 is 0 Å². The van der Waals surface area contributed by atoms with Gasteiger partial charge in [0.15, 0.2) is 0 Å². The number of rotatable bonds is 5. The zero-order valence-corrected chi connectivity index (χ0v) is 22.4. The molecule has 0 amide bonds. The van der Waals surface area contributed by atoms with E-state index in [9.17, 15) is 5.11 Å². The molecule has 3 nitrogen and oxygen atoms in total. The Morgan fingerprint density at radius 3 is 2.23 bits per heavy atom. The summed E-state index contributed by atoms with van der Waals surface area (Å²) in [4.78, 5) is 10.3. The maximum Gasteiger partial charge on any atom is 0.124 e. The second-order valence-electron chi connectivity index (χ2n) is 8.11. The van der Waals surface area contributed by atoms with Crippen LogP contribution in [0.25, 0.3) is 33.6 Å². The third-order valence-electron chi connectivity index (χ3n) is 5.67. The van der Waals surface area contributed by atoms with Gasteiger partial charge in [0.25, 0.3) is 0 Å². The first kappa shape index (κ1) is 24.9. The first-order valence-corrected chi connectivity index (χ1v) is 11.9. The molecule has 35 heavy (non-hydrogen) atoms. The molecule has 5 rings (SSSR count). The van der Waals surface area contributed by atoms with Crippen molar-refractivity contribution in [2.45, 2.75) is 23.8 Å². The Morgan fingerprint density at radius 2 is 1.49 bits per heavy atom. The molecule has 0 aliphatic heterocycles. The Kier molecular flexibility index (Phi) is 7.85. The predicted molar refractivity (Wildman–Crippen MR) is 139 cm³/mol. The summed E-state index contributed by atoms with van der Waals surface area (Å²) in [6, 6.07) is 33.3. The number of aromatic nitrogens is 2. The van der Waals surface area contributed by atoms with Gasteiger partial charge in [0.1, 0.15) is 5.75 Å². The third-order valence-corrected chi connectivity index (χ3v) is 6.58. The van der Waals surface area contributed by atoms with E-state index in [1.54, 1.807) is 24.0 Å². The molecular weight excluding hydrogens is 631 g/mol. The summed E-state index contributed by atoms with van der Waals surface area (Å²) in [7, 11) is 0. The number of para-hydroxylation sites is 1. The van der Waals surface area contributed by atoms with Crippen LogP contribution in [0.2, 0.25) is 0 Å². The Morgan fingerprint density at radius 1 is 0.771 bits per heavy atom. The number of aromatic hydroxyl groups is 1. The van der Waals surface area contributed by atoms with Crippen molar-refractivity contribution in [3.63, 3.8) is 0 Å². The van der Waals surface area contributed by atoms with Gasteiger partial charge in [-0.15, -0.1) is 29.8 Å². The van der Waals surface area contributed by atoms with Gasteiger partial charge in [0.2, 0.25) is 0 Å². The van der Waals surface area contributed by atoms with Crippen LogP contribution in [-0.2, 0) is 21.1 Å². The van der Waals surface area contributed by atoms with Gasteiger partial charge in [0.05, 0.1) is 10.7 Å². The maximum absolute atomic E-state index is 10.5. The van der Waals surface area contributed by atoms with Gasteiger partial charge < -0.3 is 5.11 Å². The summed E-state index contributed by atoms with van der Waals surface area (Å²) in [5.41, 5.74) is 7.78. The summed E-state index contributed by atoms with van der Waals surface area (Å²) in [5, 5.41) is 11.5. The molecule has 0 aliphatic rings. The van der Waals surface area contributed by atoms with Crippen molar-refractivity contribution in [1.82, 2.24) is 9.97 Å². The standard InChI is InChI=1S/C30H23N2OS.Pt/c1-20-9-7-10-21(2)30(20)23-18-26(32-27(19-23)25-13-3-4-14-28(25)33)22-11-8-12-24(17-22)34-29-15-5-6-16-31-29;/h3-16,18-19,33H,1-2H3;/q-1;. The van der Waals surface area contributed by atoms with Crippen LogP contribution in [0.4, 0.5) is 0 Å². The number of phenolic OH excluding ortho intramolecular Hbond substituents is 1. The van der Waals surface area contributed by atoms with Gasteiger partial charge in [-0.2, -0.15) is 0 Å². The largest absolute Gasteiger partial charge is 0.507 e. The first-order chi connectivity index (χ1) is 16.6. The van der Waals surface area contributed by atoms with Crippen molar-refractivity contribution < 1.29 is 26.2 Å². The fourth-order valence-electron chi connectivity index (χ4n) is 4.09. The van der Waals surface area contributed by atoms with Gasteiger partial charge in [-0.25, -0.2) is 4.98 Å². The Labute approximate surface area is 224 Å². The van der Waals surface area contributed by atoms with Crippen molar-refractivity contribution in [3.8, 4) is 39.4 Å². The number of aryl methyl sites for hydroxylation is 2. The molecule has 0 aliphatic carbocycles.